The summed E-state index contributed by atoms with van der Waals surface area (Å²) in [6, 6.07) is 13.5. The van der Waals surface area contributed by atoms with Crippen LogP contribution < -0.4 is 0 Å². The van der Waals surface area contributed by atoms with Crippen LogP contribution in [0.2, 0.25) is 0 Å². The first-order valence-electron chi connectivity index (χ1n) is 9.73. The van der Waals surface area contributed by atoms with E-state index in [1.807, 2.05) is 6.07 Å². The predicted molar refractivity (Wildman–Crippen MR) is 123 cm³/mol. The third-order valence-electron chi connectivity index (χ3n) is 4.58. The standard InChI is InChI=1S/C24H21NO6S/c1-4-31-24(29)19-20(26)18(13-15-9-11-16(12-10-15)23(28)30-3)32-22(19)25-21(27)17-8-6-5-7-14(17)2/h5-13,26H,4H2,1-3H3/b18-13-,25-22?. The zero-order valence-corrected chi connectivity index (χ0v) is 18.6. The molecule has 1 aliphatic rings. The first kappa shape index (κ1) is 23.0. The van der Waals surface area contributed by atoms with Gasteiger partial charge in [-0.1, -0.05) is 42.1 Å². The highest BCUT2D eigenvalue weighted by molar-refractivity contribution is 8.18. The Hall–Kier alpha value is -3.65. The van der Waals surface area contributed by atoms with Crippen LogP contribution in [-0.2, 0) is 14.3 Å². The van der Waals surface area contributed by atoms with Crippen molar-refractivity contribution >= 4 is 40.7 Å². The lowest BCUT2D eigenvalue weighted by Gasteiger charge is -2.04. The third kappa shape index (κ3) is 4.97. The Labute approximate surface area is 189 Å². The van der Waals surface area contributed by atoms with Crippen molar-refractivity contribution in [3.8, 4) is 0 Å². The summed E-state index contributed by atoms with van der Waals surface area (Å²) < 4.78 is 9.73. The maximum atomic E-state index is 12.7. The van der Waals surface area contributed by atoms with Gasteiger partial charge in [0.05, 0.1) is 24.2 Å². The molecule has 2 aromatic rings. The maximum Gasteiger partial charge on any atom is 0.344 e. The summed E-state index contributed by atoms with van der Waals surface area (Å²) in [4.78, 5) is 41.2. The number of hydrogen-bond acceptors (Lipinski definition) is 7. The number of esters is 2. The quantitative estimate of drug-likeness (QED) is 0.669. The molecule has 0 aliphatic carbocycles. The van der Waals surface area contributed by atoms with Crippen LogP contribution in [0.1, 0.15) is 38.8 Å². The Balaban J connectivity index is 1.98. The molecule has 8 heteroatoms. The minimum absolute atomic E-state index is 0.0617. The molecule has 0 aromatic heterocycles. The average molecular weight is 452 g/mol. The highest BCUT2D eigenvalue weighted by Crippen LogP contribution is 2.39. The molecule has 1 aliphatic heterocycles. The summed E-state index contributed by atoms with van der Waals surface area (Å²) >= 11 is 0.993. The number of aliphatic hydroxyl groups is 1. The summed E-state index contributed by atoms with van der Waals surface area (Å²) in [5, 5.41) is 10.8. The molecule has 0 bridgehead atoms. The van der Waals surface area contributed by atoms with Gasteiger partial charge >= 0.3 is 11.9 Å². The van der Waals surface area contributed by atoms with Crippen molar-refractivity contribution in [3.63, 3.8) is 0 Å². The molecule has 1 heterocycles. The largest absolute Gasteiger partial charge is 0.506 e. The Morgan fingerprint density at radius 3 is 2.38 bits per heavy atom. The normalized spacial score (nSPS) is 15.8. The van der Waals surface area contributed by atoms with Gasteiger partial charge in [0.25, 0.3) is 5.91 Å². The fourth-order valence-electron chi connectivity index (χ4n) is 2.94. The first-order valence-corrected chi connectivity index (χ1v) is 10.5. The van der Waals surface area contributed by atoms with Gasteiger partial charge in [0.15, 0.2) is 0 Å². The van der Waals surface area contributed by atoms with Crippen molar-refractivity contribution in [2.75, 3.05) is 13.7 Å². The highest BCUT2D eigenvalue weighted by atomic mass is 32.2. The van der Waals surface area contributed by atoms with Gasteiger partial charge in [-0.05, 0) is 49.2 Å². The highest BCUT2D eigenvalue weighted by Gasteiger charge is 2.34. The molecule has 0 saturated heterocycles. The van der Waals surface area contributed by atoms with Crippen LogP contribution in [0.5, 0.6) is 0 Å². The van der Waals surface area contributed by atoms with Crippen LogP contribution in [0.15, 0.2) is 69.8 Å². The van der Waals surface area contributed by atoms with Crippen LogP contribution >= 0.6 is 11.8 Å². The number of aryl methyl sites for hydroxylation is 1. The van der Waals surface area contributed by atoms with Gasteiger partial charge in [-0.25, -0.2) is 14.6 Å². The van der Waals surface area contributed by atoms with E-state index in [-0.39, 0.29) is 23.0 Å². The number of hydrogen-bond donors (Lipinski definition) is 1. The fraction of sp³-hybridized carbons (Fsp3) is 0.167. The van der Waals surface area contributed by atoms with Gasteiger partial charge < -0.3 is 14.6 Å². The van der Waals surface area contributed by atoms with Crippen molar-refractivity contribution < 1.29 is 29.0 Å². The van der Waals surface area contributed by atoms with E-state index in [4.69, 9.17) is 4.74 Å². The van der Waals surface area contributed by atoms with Crippen molar-refractivity contribution in [1.29, 1.82) is 0 Å². The molecule has 32 heavy (non-hydrogen) atoms. The molecule has 1 N–H and O–H groups in total. The Kier molecular flexibility index (Phi) is 7.27. The van der Waals surface area contributed by atoms with Crippen molar-refractivity contribution in [2.45, 2.75) is 13.8 Å². The number of rotatable bonds is 5. The molecule has 0 radical (unpaired) electrons. The molecule has 0 saturated carbocycles. The topological polar surface area (TPSA) is 102 Å². The summed E-state index contributed by atoms with van der Waals surface area (Å²) in [5.74, 6) is -2.07. The van der Waals surface area contributed by atoms with Crippen LogP contribution in [0.25, 0.3) is 6.08 Å². The van der Waals surface area contributed by atoms with Crippen molar-refractivity contribution in [3.05, 3.63) is 87.0 Å². The van der Waals surface area contributed by atoms with Gasteiger partial charge in [-0.3, -0.25) is 4.79 Å². The van der Waals surface area contributed by atoms with Crippen molar-refractivity contribution in [1.82, 2.24) is 0 Å². The zero-order valence-electron chi connectivity index (χ0n) is 17.7. The molecular formula is C24H21NO6S. The van der Waals surface area contributed by atoms with Crippen LogP contribution in [0.4, 0.5) is 0 Å². The molecule has 3 rings (SSSR count). The van der Waals surface area contributed by atoms with Crippen LogP contribution in [0.3, 0.4) is 0 Å². The molecule has 0 fully saturated rings. The summed E-state index contributed by atoms with van der Waals surface area (Å²) in [5.41, 5.74) is 2.04. The molecule has 0 atom stereocenters. The van der Waals surface area contributed by atoms with E-state index >= 15 is 0 Å². The average Bonchev–Trinajstić information content (AvgIpc) is 3.08. The molecule has 0 spiro atoms. The lowest BCUT2D eigenvalue weighted by molar-refractivity contribution is -0.138. The molecule has 7 nitrogen and oxygen atoms in total. The molecule has 164 valence electrons. The minimum atomic E-state index is -0.765. The summed E-state index contributed by atoms with van der Waals surface area (Å²) in [7, 11) is 1.30. The lowest BCUT2D eigenvalue weighted by atomic mass is 10.1. The number of carbonyl (C=O) groups excluding carboxylic acids is 3. The molecule has 2 aromatic carbocycles. The third-order valence-corrected chi connectivity index (χ3v) is 5.60. The first-order chi connectivity index (χ1) is 15.3. The summed E-state index contributed by atoms with van der Waals surface area (Å²) in [6.45, 7) is 3.54. The second-order valence-corrected chi connectivity index (χ2v) is 7.74. The van der Waals surface area contributed by atoms with Gasteiger partial charge in [-0.15, -0.1) is 0 Å². The number of carbonyl (C=O) groups is 3. The molecule has 0 unspecified atom stereocenters. The number of methoxy groups -OCH3 is 1. The van der Waals surface area contributed by atoms with E-state index in [1.54, 1.807) is 62.4 Å². The van der Waals surface area contributed by atoms with E-state index in [0.717, 1.165) is 17.3 Å². The number of ether oxygens (including phenoxy) is 2. The number of benzene rings is 2. The number of amides is 1. The number of aliphatic hydroxyl groups excluding tert-OH is 1. The van der Waals surface area contributed by atoms with Gasteiger partial charge in [-0.2, -0.15) is 0 Å². The second kappa shape index (κ2) is 10.1. The maximum absolute atomic E-state index is 12.7. The predicted octanol–water partition coefficient (Wildman–Crippen LogP) is 4.48. The number of aliphatic imine (C=N–C) groups is 1. The van der Waals surface area contributed by atoms with Crippen LogP contribution in [-0.4, -0.2) is 41.7 Å². The monoisotopic (exact) mass is 451 g/mol. The number of nitrogens with zero attached hydrogens (tertiary/aromatic N) is 1. The van der Waals surface area contributed by atoms with E-state index in [2.05, 4.69) is 9.73 Å². The van der Waals surface area contributed by atoms with E-state index in [9.17, 15) is 19.5 Å². The van der Waals surface area contributed by atoms with Gasteiger partial charge in [0.2, 0.25) is 0 Å². The van der Waals surface area contributed by atoms with E-state index in [0.29, 0.717) is 21.6 Å². The van der Waals surface area contributed by atoms with E-state index in [1.165, 1.54) is 7.11 Å². The lowest BCUT2D eigenvalue weighted by Crippen LogP contribution is -2.14. The number of thioether (sulfide) groups is 1. The Morgan fingerprint density at radius 2 is 1.75 bits per heavy atom. The van der Waals surface area contributed by atoms with E-state index < -0.39 is 17.8 Å². The van der Waals surface area contributed by atoms with Gasteiger partial charge in [0.1, 0.15) is 16.4 Å². The second-order valence-electron chi connectivity index (χ2n) is 6.71. The van der Waals surface area contributed by atoms with Crippen molar-refractivity contribution in [2.24, 2.45) is 4.99 Å². The molecular weight excluding hydrogens is 430 g/mol. The van der Waals surface area contributed by atoms with Gasteiger partial charge in [0, 0.05) is 5.56 Å². The zero-order chi connectivity index (χ0) is 23.3. The molecule has 1 amide bonds. The smallest absolute Gasteiger partial charge is 0.344 e. The SMILES string of the molecule is CCOC(=O)C1=C(O)/C(=C/c2ccc(C(=O)OC)cc2)SC1=NC(=O)c1ccccc1C. The van der Waals surface area contributed by atoms with Crippen LogP contribution in [0, 0.1) is 6.92 Å². The Bertz CT molecular complexity index is 1160. The Morgan fingerprint density at radius 1 is 1.06 bits per heavy atom. The minimum Gasteiger partial charge on any atom is -0.506 e. The summed E-state index contributed by atoms with van der Waals surface area (Å²) in [6.07, 6.45) is 1.63. The fourth-order valence-corrected chi connectivity index (χ4v) is 3.95.